The highest BCUT2D eigenvalue weighted by Gasteiger charge is 2.36. The second-order valence-electron chi connectivity index (χ2n) is 8.17. The molecule has 8 nitrogen and oxygen atoms in total. The van der Waals surface area contributed by atoms with E-state index >= 15 is 0 Å². The highest BCUT2D eigenvalue weighted by molar-refractivity contribution is 14.1. The third-order valence-electron chi connectivity index (χ3n) is 5.64. The third kappa shape index (κ3) is 5.74. The summed E-state index contributed by atoms with van der Waals surface area (Å²) in [6.07, 6.45) is -0.697. The second kappa shape index (κ2) is 9.61. The van der Waals surface area contributed by atoms with Crippen LogP contribution < -0.4 is 5.32 Å². The Morgan fingerprint density at radius 1 is 1.17 bits per heavy atom. The maximum atomic E-state index is 14.5. The number of piperidine rings is 1. The summed E-state index contributed by atoms with van der Waals surface area (Å²) < 4.78 is 82.6. The van der Waals surface area contributed by atoms with Gasteiger partial charge in [0, 0.05) is 35.1 Å². The highest BCUT2D eigenvalue weighted by Crippen LogP contribution is 2.36. The number of benzene rings is 1. The van der Waals surface area contributed by atoms with Crippen LogP contribution in [0.5, 0.6) is 0 Å². The van der Waals surface area contributed by atoms with Gasteiger partial charge in [-0.3, -0.25) is 0 Å². The molecular formula is C21H21F4IN6O2S. The van der Waals surface area contributed by atoms with Crippen molar-refractivity contribution in [2.45, 2.75) is 32.0 Å². The Kier molecular flexibility index (Phi) is 7.07. The Balaban J connectivity index is 1.66. The van der Waals surface area contributed by atoms with Crippen molar-refractivity contribution in [1.29, 1.82) is 0 Å². The van der Waals surface area contributed by atoms with E-state index in [9.17, 15) is 26.0 Å². The lowest BCUT2D eigenvalue weighted by molar-refractivity contribution is -0.137. The molecule has 1 aromatic carbocycles. The molecule has 2 aromatic heterocycles. The molecule has 4 rings (SSSR count). The molecule has 188 valence electrons. The minimum absolute atomic E-state index is 0.0292. The molecule has 0 spiro atoms. The summed E-state index contributed by atoms with van der Waals surface area (Å²) in [7, 11) is -3.31. The van der Waals surface area contributed by atoms with Crippen molar-refractivity contribution in [2.75, 3.05) is 24.7 Å². The quantitative estimate of drug-likeness (QED) is 0.338. The van der Waals surface area contributed by atoms with E-state index in [1.807, 2.05) is 22.6 Å². The molecule has 0 radical (unpaired) electrons. The van der Waals surface area contributed by atoms with Gasteiger partial charge in [0.2, 0.25) is 16.0 Å². The van der Waals surface area contributed by atoms with Crippen LogP contribution in [-0.2, 0) is 16.2 Å². The molecule has 14 heteroatoms. The van der Waals surface area contributed by atoms with Crippen LogP contribution in [0.3, 0.4) is 0 Å². The second-order valence-corrected chi connectivity index (χ2v) is 11.4. The predicted octanol–water partition coefficient (Wildman–Crippen LogP) is 4.24. The summed E-state index contributed by atoms with van der Waals surface area (Å²) in [6, 6.07) is 4.31. The van der Waals surface area contributed by atoms with Crippen molar-refractivity contribution in [3.8, 4) is 17.1 Å². The lowest BCUT2D eigenvalue weighted by atomic mass is 10.1. The molecule has 0 bridgehead atoms. The van der Waals surface area contributed by atoms with Gasteiger partial charge in [0.25, 0.3) is 0 Å². The van der Waals surface area contributed by atoms with E-state index in [0.717, 1.165) is 6.26 Å². The van der Waals surface area contributed by atoms with Gasteiger partial charge in [0.15, 0.2) is 0 Å². The molecule has 1 N–H and O–H groups in total. The number of hydrogen-bond acceptors (Lipinski definition) is 6. The number of nitrogens with one attached hydrogen (secondary N) is 1. The van der Waals surface area contributed by atoms with E-state index in [4.69, 9.17) is 0 Å². The Bertz CT molecular complexity index is 1350. The summed E-state index contributed by atoms with van der Waals surface area (Å²) in [5, 5.41) is 3.00. The van der Waals surface area contributed by atoms with Crippen molar-refractivity contribution in [3.05, 3.63) is 51.4 Å². The van der Waals surface area contributed by atoms with E-state index in [1.54, 1.807) is 13.0 Å². The van der Waals surface area contributed by atoms with Gasteiger partial charge in [-0.1, -0.05) is 0 Å². The van der Waals surface area contributed by atoms with Crippen molar-refractivity contribution >= 4 is 38.6 Å². The van der Waals surface area contributed by atoms with Gasteiger partial charge in [0.05, 0.1) is 11.9 Å². The van der Waals surface area contributed by atoms with E-state index in [-0.39, 0.29) is 42.3 Å². The summed E-state index contributed by atoms with van der Waals surface area (Å²) in [5.41, 5.74) is -1.43. The Morgan fingerprint density at radius 2 is 1.86 bits per heavy atom. The Labute approximate surface area is 213 Å². The maximum Gasteiger partial charge on any atom is 0.420 e. The van der Waals surface area contributed by atoms with Gasteiger partial charge in [-0.2, -0.15) is 13.2 Å². The lowest BCUT2D eigenvalue weighted by Gasteiger charge is -2.30. The first-order valence-electron chi connectivity index (χ1n) is 10.5. The van der Waals surface area contributed by atoms with Gasteiger partial charge in [-0.25, -0.2) is 32.1 Å². The van der Waals surface area contributed by atoms with Gasteiger partial charge < -0.3 is 9.88 Å². The molecule has 0 atom stereocenters. The predicted molar refractivity (Wildman–Crippen MR) is 130 cm³/mol. The molecule has 3 aromatic rings. The first kappa shape index (κ1) is 25.8. The van der Waals surface area contributed by atoms with Crippen molar-refractivity contribution in [2.24, 2.45) is 0 Å². The molecule has 0 saturated carbocycles. The minimum Gasteiger partial charge on any atom is -0.351 e. The van der Waals surface area contributed by atoms with Crippen LogP contribution in [0.1, 0.15) is 24.2 Å². The number of anilines is 1. The molecule has 0 aliphatic carbocycles. The smallest absolute Gasteiger partial charge is 0.351 e. The van der Waals surface area contributed by atoms with Gasteiger partial charge in [-0.05, 0) is 60.6 Å². The molecule has 0 amide bonds. The fourth-order valence-corrected chi connectivity index (χ4v) is 5.20. The zero-order valence-corrected chi connectivity index (χ0v) is 21.6. The number of hydrogen-bond donors (Lipinski definition) is 1. The average Bonchev–Trinajstić information content (AvgIpc) is 3.14. The van der Waals surface area contributed by atoms with Gasteiger partial charge in [0.1, 0.15) is 28.6 Å². The number of halogens is 5. The van der Waals surface area contributed by atoms with Crippen molar-refractivity contribution < 1.29 is 26.0 Å². The third-order valence-corrected chi connectivity index (χ3v) is 7.62. The number of aromatic nitrogens is 4. The molecule has 1 aliphatic rings. The molecule has 1 aliphatic heterocycles. The summed E-state index contributed by atoms with van der Waals surface area (Å²) in [4.78, 5) is 12.2. The normalized spacial score (nSPS) is 16.0. The number of sulfonamides is 1. The zero-order chi connectivity index (χ0) is 25.5. The van der Waals surface area contributed by atoms with Crippen LogP contribution >= 0.6 is 22.6 Å². The fraction of sp³-hybridized carbons (Fsp3) is 0.381. The first-order chi connectivity index (χ1) is 16.3. The fourth-order valence-electron chi connectivity index (χ4n) is 3.88. The topological polar surface area (TPSA) is 93.0 Å². The van der Waals surface area contributed by atoms with E-state index in [0.29, 0.717) is 22.6 Å². The van der Waals surface area contributed by atoms with Crippen molar-refractivity contribution in [1.82, 2.24) is 23.8 Å². The molecule has 0 unspecified atom stereocenters. The van der Waals surface area contributed by atoms with Crippen LogP contribution in [-0.4, -0.2) is 57.6 Å². The molecule has 3 heterocycles. The first-order valence-corrected chi connectivity index (χ1v) is 13.4. The van der Waals surface area contributed by atoms with Crippen LogP contribution in [0, 0.1) is 16.3 Å². The van der Waals surface area contributed by atoms with E-state index in [1.165, 1.54) is 27.2 Å². The van der Waals surface area contributed by atoms with Gasteiger partial charge in [-0.15, -0.1) is 0 Å². The van der Waals surface area contributed by atoms with Crippen LogP contribution in [0.2, 0.25) is 0 Å². The van der Waals surface area contributed by atoms with E-state index in [2.05, 4.69) is 20.3 Å². The SMILES string of the molecule is Cc1nc(-c2nc(NC3CCN(S(C)(=O)=O)CC3)ncc2C(F)(F)F)cn1-c1ccc(I)cc1F. The zero-order valence-electron chi connectivity index (χ0n) is 18.6. The highest BCUT2D eigenvalue weighted by atomic mass is 127. The van der Waals surface area contributed by atoms with Crippen LogP contribution in [0.15, 0.2) is 30.6 Å². The number of alkyl halides is 3. The lowest BCUT2D eigenvalue weighted by Crippen LogP contribution is -2.42. The standard InChI is InChI=1S/C21H21F4IN6O2S/c1-12-28-17(11-32(12)18-4-3-13(26)9-16(18)22)19-15(21(23,24)25)10-27-20(30-19)29-14-5-7-31(8-6-14)35(2,33)34/h3-4,9-11,14H,5-8H2,1-2H3,(H,27,29,30). The Morgan fingerprint density at radius 3 is 2.46 bits per heavy atom. The molecule has 35 heavy (non-hydrogen) atoms. The maximum absolute atomic E-state index is 14.5. The monoisotopic (exact) mass is 624 g/mol. The van der Waals surface area contributed by atoms with Crippen LogP contribution in [0.4, 0.5) is 23.5 Å². The number of aryl methyl sites for hydroxylation is 1. The minimum atomic E-state index is -4.74. The molecular weight excluding hydrogens is 603 g/mol. The average molecular weight is 624 g/mol. The Hall–Kier alpha value is -2.33. The van der Waals surface area contributed by atoms with Gasteiger partial charge >= 0.3 is 6.18 Å². The van der Waals surface area contributed by atoms with Crippen LogP contribution in [0.25, 0.3) is 17.1 Å². The summed E-state index contributed by atoms with van der Waals surface area (Å²) in [5.74, 6) is -0.279. The molecule has 1 saturated heterocycles. The van der Waals surface area contributed by atoms with Crippen molar-refractivity contribution in [3.63, 3.8) is 0 Å². The number of nitrogens with zero attached hydrogens (tertiary/aromatic N) is 5. The van der Waals surface area contributed by atoms with E-state index < -0.39 is 33.3 Å². The summed E-state index contributed by atoms with van der Waals surface area (Å²) in [6.45, 7) is 2.13. The molecule has 1 fully saturated rings. The largest absolute Gasteiger partial charge is 0.420 e. The summed E-state index contributed by atoms with van der Waals surface area (Å²) >= 11 is 1.96. The number of imidazole rings is 1. The number of rotatable bonds is 5.